The van der Waals surface area contributed by atoms with Crippen molar-refractivity contribution in [2.24, 2.45) is 0 Å². The monoisotopic (exact) mass is 351 g/mol. The summed E-state index contributed by atoms with van der Waals surface area (Å²) in [4.78, 5) is 37.6. The summed E-state index contributed by atoms with van der Waals surface area (Å²) >= 11 is 0. The molecule has 1 saturated carbocycles. The molecule has 0 atom stereocenters. The molecule has 0 unspecified atom stereocenters. The minimum absolute atomic E-state index is 0.0274. The normalized spacial score (nSPS) is 13.7. The second kappa shape index (κ2) is 5.91. The fourth-order valence-electron chi connectivity index (χ4n) is 3.36. The zero-order valence-corrected chi connectivity index (χ0v) is 13.6. The Bertz CT molecular complexity index is 1130. The van der Waals surface area contributed by atoms with E-state index in [2.05, 4.69) is 4.98 Å². The Hall–Kier alpha value is -3.28. The van der Waals surface area contributed by atoms with E-state index in [1.807, 2.05) is 0 Å². The number of hydrogen-bond donors (Lipinski definition) is 2. The standard InChI is InChI=1S/C20H14FNO4/c21-15-7-13-18(22-8-14(19(13)24)20(25)26)17(11-4-5-11)16(15)12-3-1-2-10(6-12)9-23/h1-3,6-9,11H,4-5H2,(H,22,24)(H,25,26). The molecule has 2 N–H and O–H groups in total. The van der Waals surface area contributed by atoms with Gasteiger partial charge in [-0.2, -0.15) is 0 Å². The Morgan fingerprint density at radius 3 is 2.69 bits per heavy atom. The van der Waals surface area contributed by atoms with Crippen LogP contribution in [0.1, 0.15) is 45.0 Å². The molecule has 1 aliphatic rings. The summed E-state index contributed by atoms with van der Waals surface area (Å²) in [7, 11) is 0. The van der Waals surface area contributed by atoms with Crippen LogP contribution < -0.4 is 5.43 Å². The first-order valence-electron chi connectivity index (χ1n) is 8.18. The number of nitrogens with one attached hydrogen (secondary N) is 1. The van der Waals surface area contributed by atoms with Crippen molar-refractivity contribution in [1.82, 2.24) is 4.98 Å². The summed E-state index contributed by atoms with van der Waals surface area (Å²) in [5.41, 5.74) is 1.32. The van der Waals surface area contributed by atoms with E-state index >= 15 is 4.39 Å². The topological polar surface area (TPSA) is 87.2 Å². The van der Waals surface area contributed by atoms with E-state index in [1.165, 1.54) is 0 Å². The predicted octanol–water partition coefficient (Wildman–Crippen LogP) is 3.72. The average molecular weight is 351 g/mol. The number of benzene rings is 2. The van der Waals surface area contributed by atoms with E-state index in [-0.39, 0.29) is 11.3 Å². The second-order valence-corrected chi connectivity index (χ2v) is 6.42. The van der Waals surface area contributed by atoms with Crippen LogP contribution >= 0.6 is 0 Å². The molecule has 1 fully saturated rings. The van der Waals surface area contributed by atoms with Crippen molar-refractivity contribution in [1.29, 1.82) is 0 Å². The maximum atomic E-state index is 15.0. The van der Waals surface area contributed by atoms with Gasteiger partial charge in [0.1, 0.15) is 17.7 Å². The highest BCUT2D eigenvalue weighted by atomic mass is 19.1. The molecule has 4 rings (SSSR count). The zero-order chi connectivity index (χ0) is 18.4. The van der Waals surface area contributed by atoms with Crippen LogP contribution in [0.25, 0.3) is 22.0 Å². The summed E-state index contributed by atoms with van der Waals surface area (Å²) in [5.74, 6) is -1.87. The number of aromatic nitrogens is 1. The van der Waals surface area contributed by atoms with Gasteiger partial charge in [0.25, 0.3) is 0 Å². The quantitative estimate of drug-likeness (QED) is 0.701. The molecule has 1 aromatic heterocycles. The Kier molecular flexibility index (Phi) is 3.68. The molecule has 0 radical (unpaired) electrons. The number of carbonyl (C=O) groups is 2. The van der Waals surface area contributed by atoms with Crippen molar-refractivity contribution in [2.45, 2.75) is 18.8 Å². The molecule has 1 aliphatic carbocycles. The van der Waals surface area contributed by atoms with E-state index in [9.17, 15) is 14.4 Å². The lowest BCUT2D eigenvalue weighted by Gasteiger charge is -2.15. The molecular weight excluding hydrogens is 337 g/mol. The van der Waals surface area contributed by atoms with Gasteiger partial charge in [-0.05, 0) is 42.0 Å². The lowest BCUT2D eigenvalue weighted by Crippen LogP contribution is -2.16. The number of fused-ring (bicyclic) bond motifs is 1. The van der Waals surface area contributed by atoms with E-state index in [1.54, 1.807) is 24.3 Å². The summed E-state index contributed by atoms with van der Waals surface area (Å²) in [5, 5.41) is 9.16. The van der Waals surface area contributed by atoms with Crippen molar-refractivity contribution in [3.63, 3.8) is 0 Å². The Morgan fingerprint density at radius 2 is 2.04 bits per heavy atom. The fourth-order valence-corrected chi connectivity index (χ4v) is 3.36. The number of aldehydes is 1. The van der Waals surface area contributed by atoms with Crippen molar-refractivity contribution in [2.75, 3.05) is 0 Å². The van der Waals surface area contributed by atoms with E-state index in [0.29, 0.717) is 34.1 Å². The maximum absolute atomic E-state index is 15.0. The van der Waals surface area contributed by atoms with Gasteiger partial charge in [0.05, 0.1) is 5.52 Å². The van der Waals surface area contributed by atoms with Crippen LogP contribution in [0.4, 0.5) is 4.39 Å². The number of carboxylic acid groups (broad SMARTS) is 1. The Morgan fingerprint density at radius 1 is 1.27 bits per heavy atom. The van der Waals surface area contributed by atoms with Crippen LogP contribution in [0, 0.1) is 5.82 Å². The van der Waals surface area contributed by atoms with Crippen LogP contribution in [0.5, 0.6) is 0 Å². The van der Waals surface area contributed by atoms with Gasteiger partial charge in [-0.3, -0.25) is 9.59 Å². The summed E-state index contributed by atoms with van der Waals surface area (Å²) < 4.78 is 15.0. The van der Waals surface area contributed by atoms with E-state index in [0.717, 1.165) is 25.1 Å². The summed E-state index contributed by atoms with van der Waals surface area (Å²) in [6.07, 6.45) is 3.58. The van der Waals surface area contributed by atoms with Crippen LogP contribution in [-0.4, -0.2) is 22.3 Å². The fraction of sp³-hybridized carbons (Fsp3) is 0.150. The van der Waals surface area contributed by atoms with Gasteiger partial charge in [-0.1, -0.05) is 18.2 Å². The summed E-state index contributed by atoms with van der Waals surface area (Å²) in [6.45, 7) is 0. The van der Waals surface area contributed by atoms with Gasteiger partial charge in [0, 0.05) is 22.7 Å². The van der Waals surface area contributed by atoms with Crippen LogP contribution in [-0.2, 0) is 0 Å². The smallest absolute Gasteiger partial charge is 0.341 e. The Labute approximate surface area is 147 Å². The molecule has 0 amide bonds. The van der Waals surface area contributed by atoms with Gasteiger partial charge >= 0.3 is 5.97 Å². The van der Waals surface area contributed by atoms with Crippen molar-refractivity contribution in [3.05, 3.63) is 69.3 Å². The maximum Gasteiger partial charge on any atom is 0.341 e. The van der Waals surface area contributed by atoms with Gasteiger partial charge in [0.2, 0.25) is 5.43 Å². The number of carbonyl (C=O) groups excluding carboxylic acids is 1. The third-order valence-electron chi connectivity index (χ3n) is 4.70. The molecule has 0 spiro atoms. The highest BCUT2D eigenvalue weighted by Gasteiger charge is 2.31. The first-order chi connectivity index (χ1) is 12.5. The van der Waals surface area contributed by atoms with Crippen molar-refractivity contribution >= 4 is 23.2 Å². The van der Waals surface area contributed by atoms with Crippen LogP contribution in [0.3, 0.4) is 0 Å². The molecule has 2 aromatic carbocycles. The van der Waals surface area contributed by atoms with Gasteiger partial charge in [-0.15, -0.1) is 0 Å². The first-order valence-corrected chi connectivity index (χ1v) is 8.18. The highest BCUT2D eigenvalue weighted by Crippen LogP contribution is 2.47. The van der Waals surface area contributed by atoms with Crippen molar-refractivity contribution in [3.8, 4) is 11.1 Å². The molecule has 5 nitrogen and oxygen atoms in total. The number of halogens is 1. The molecule has 130 valence electrons. The van der Waals surface area contributed by atoms with E-state index in [4.69, 9.17) is 5.11 Å². The minimum Gasteiger partial charge on any atom is -0.477 e. The molecule has 3 aromatic rings. The lowest BCUT2D eigenvalue weighted by atomic mass is 9.92. The molecule has 26 heavy (non-hydrogen) atoms. The molecule has 0 bridgehead atoms. The SMILES string of the molecule is O=Cc1cccc(-c2c(F)cc3c(=O)c(C(=O)O)c[nH]c3c2C2CC2)c1. The average Bonchev–Trinajstić information content (AvgIpc) is 3.46. The van der Waals surface area contributed by atoms with Gasteiger partial charge in [0.15, 0.2) is 0 Å². The van der Waals surface area contributed by atoms with E-state index < -0.39 is 22.8 Å². The lowest BCUT2D eigenvalue weighted by molar-refractivity contribution is 0.0695. The van der Waals surface area contributed by atoms with Crippen LogP contribution in [0.15, 0.2) is 41.3 Å². The number of aromatic carboxylic acids is 1. The summed E-state index contributed by atoms with van der Waals surface area (Å²) in [6, 6.07) is 7.71. The highest BCUT2D eigenvalue weighted by molar-refractivity contribution is 5.96. The number of hydrogen-bond acceptors (Lipinski definition) is 3. The molecule has 0 saturated heterocycles. The number of rotatable bonds is 4. The van der Waals surface area contributed by atoms with Crippen LogP contribution in [0.2, 0.25) is 0 Å². The third-order valence-corrected chi connectivity index (χ3v) is 4.70. The van der Waals surface area contributed by atoms with Gasteiger partial charge < -0.3 is 10.1 Å². The largest absolute Gasteiger partial charge is 0.477 e. The number of pyridine rings is 1. The number of carboxylic acids is 1. The first kappa shape index (κ1) is 16.2. The second-order valence-electron chi connectivity index (χ2n) is 6.42. The molecule has 0 aliphatic heterocycles. The molecule has 6 heteroatoms. The van der Waals surface area contributed by atoms with Crippen molar-refractivity contribution < 1.29 is 19.1 Å². The number of H-pyrrole nitrogens is 1. The minimum atomic E-state index is -1.36. The molecule has 1 heterocycles. The number of aromatic amines is 1. The third kappa shape index (κ3) is 2.50. The zero-order valence-electron chi connectivity index (χ0n) is 13.6. The molecular formula is C20H14FNO4. The predicted molar refractivity (Wildman–Crippen MR) is 94.3 cm³/mol. The Balaban J connectivity index is 2.08. The van der Waals surface area contributed by atoms with Gasteiger partial charge in [-0.25, -0.2) is 9.18 Å².